The van der Waals surface area contributed by atoms with Gasteiger partial charge in [0.2, 0.25) is 5.79 Å². The Labute approximate surface area is 106 Å². The molecule has 18 heavy (non-hydrogen) atoms. The molecule has 3 aliphatic rings. The third-order valence-corrected chi connectivity index (χ3v) is 3.51. The summed E-state index contributed by atoms with van der Waals surface area (Å²) >= 11 is 0. The van der Waals surface area contributed by atoms with Crippen molar-refractivity contribution in [1.29, 1.82) is 0 Å². The van der Waals surface area contributed by atoms with Gasteiger partial charge in [0, 0.05) is 0 Å². The number of hydrogen-bond donors (Lipinski definition) is 1. The van der Waals surface area contributed by atoms with Gasteiger partial charge in [-0.05, 0) is 27.7 Å². The molecule has 104 valence electrons. The molecule has 0 aromatic rings. The first-order valence-electron chi connectivity index (χ1n) is 6.25. The zero-order valence-electron chi connectivity index (χ0n) is 11.1. The standard InChI is InChI=1S/C12H20O6/c1-10(2)14-5-7-8(16-10)9-12(6-13,15-7)18-11(3,4)17-9/h7-9,13H,5-6H2,1-4H3/t7-,8+,9+,12+/m1/s1. The Morgan fingerprint density at radius 1 is 1.06 bits per heavy atom. The molecular formula is C12H20O6. The second kappa shape index (κ2) is 3.65. The van der Waals surface area contributed by atoms with Gasteiger partial charge in [-0.2, -0.15) is 0 Å². The maximum absolute atomic E-state index is 9.61. The fraction of sp³-hybridized carbons (Fsp3) is 1.00. The van der Waals surface area contributed by atoms with Gasteiger partial charge in [-0.1, -0.05) is 0 Å². The lowest BCUT2D eigenvalue weighted by molar-refractivity contribution is -0.330. The van der Waals surface area contributed by atoms with Crippen LogP contribution < -0.4 is 0 Å². The smallest absolute Gasteiger partial charge is 0.224 e. The van der Waals surface area contributed by atoms with Crippen molar-refractivity contribution >= 4 is 0 Å². The summed E-state index contributed by atoms with van der Waals surface area (Å²) in [5.74, 6) is -2.60. The highest BCUT2D eigenvalue weighted by Crippen LogP contribution is 2.48. The first kappa shape index (κ1) is 12.8. The fourth-order valence-corrected chi connectivity index (χ4v) is 2.89. The molecule has 0 aliphatic carbocycles. The third-order valence-electron chi connectivity index (χ3n) is 3.51. The van der Waals surface area contributed by atoms with Crippen LogP contribution in [0.5, 0.6) is 0 Å². The highest BCUT2D eigenvalue weighted by Gasteiger charge is 2.67. The Morgan fingerprint density at radius 2 is 1.78 bits per heavy atom. The van der Waals surface area contributed by atoms with Gasteiger partial charge in [0.05, 0.1) is 6.61 Å². The van der Waals surface area contributed by atoms with Crippen molar-refractivity contribution in [1.82, 2.24) is 0 Å². The molecule has 0 unspecified atom stereocenters. The molecule has 6 nitrogen and oxygen atoms in total. The zero-order chi connectivity index (χ0) is 13.2. The Bertz CT molecular complexity index is 354. The number of aliphatic hydroxyl groups is 1. The van der Waals surface area contributed by atoms with E-state index in [4.69, 9.17) is 23.7 Å². The first-order valence-corrected chi connectivity index (χ1v) is 6.25. The van der Waals surface area contributed by atoms with Crippen LogP contribution in [0.25, 0.3) is 0 Å². The largest absolute Gasteiger partial charge is 0.391 e. The molecule has 0 bridgehead atoms. The van der Waals surface area contributed by atoms with E-state index in [0.29, 0.717) is 6.61 Å². The Balaban J connectivity index is 1.88. The number of fused-ring (bicyclic) bond motifs is 3. The Kier molecular flexibility index (Phi) is 2.59. The van der Waals surface area contributed by atoms with Gasteiger partial charge in [-0.3, -0.25) is 0 Å². The second-order valence-corrected chi connectivity index (χ2v) is 5.96. The average Bonchev–Trinajstić information content (AvgIpc) is 2.66. The van der Waals surface area contributed by atoms with Crippen molar-refractivity contribution in [2.75, 3.05) is 13.2 Å². The van der Waals surface area contributed by atoms with Crippen LogP contribution in [0.2, 0.25) is 0 Å². The maximum Gasteiger partial charge on any atom is 0.224 e. The summed E-state index contributed by atoms with van der Waals surface area (Å²) < 4.78 is 28.8. The number of hydrogen-bond acceptors (Lipinski definition) is 6. The van der Waals surface area contributed by atoms with E-state index < -0.39 is 23.5 Å². The fourth-order valence-electron chi connectivity index (χ4n) is 2.89. The van der Waals surface area contributed by atoms with Gasteiger partial charge in [0.1, 0.15) is 24.9 Å². The van der Waals surface area contributed by atoms with Crippen molar-refractivity contribution < 1.29 is 28.8 Å². The molecule has 3 heterocycles. The molecule has 0 spiro atoms. The van der Waals surface area contributed by atoms with E-state index in [1.165, 1.54) is 0 Å². The highest BCUT2D eigenvalue weighted by molar-refractivity contribution is 5.04. The first-order chi connectivity index (χ1) is 8.27. The summed E-state index contributed by atoms with van der Waals surface area (Å²) in [7, 11) is 0. The molecule has 0 amide bonds. The van der Waals surface area contributed by atoms with Crippen molar-refractivity contribution in [3.8, 4) is 0 Å². The van der Waals surface area contributed by atoms with E-state index in [2.05, 4.69) is 0 Å². The molecule has 6 heteroatoms. The summed E-state index contributed by atoms with van der Waals surface area (Å²) in [5.41, 5.74) is 0. The molecule has 3 saturated heterocycles. The highest BCUT2D eigenvalue weighted by atomic mass is 16.9. The minimum atomic E-state index is -1.14. The van der Waals surface area contributed by atoms with Crippen LogP contribution in [0.15, 0.2) is 0 Å². The van der Waals surface area contributed by atoms with Crippen molar-refractivity contribution in [3.05, 3.63) is 0 Å². The Morgan fingerprint density at radius 3 is 2.44 bits per heavy atom. The van der Waals surface area contributed by atoms with Gasteiger partial charge in [0.15, 0.2) is 11.6 Å². The Hall–Kier alpha value is -0.240. The predicted octanol–water partition coefficient (Wildman–Crippen LogP) is 0.377. The van der Waals surface area contributed by atoms with E-state index in [1.807, 2.05) is 13.8 Å². The summed E-state index contributed by atoms with van der Waals surface area (Å²) in [6.45, 7) is 7.43. The molecular weight excluding hydrogens is 240 g/mol. The lowest BCUT2D eigenvalue weighted by Gasteiger charge is -2.38. The van der Waals surface area contributed by atoms with Crippen LogP contribution in [-0.2, 0) is 23.7 Å². The summed E-state index contributed by atoms with van der Waals surface area (Å²) in [4.78, 5) is 0. The van der Waals surface area contributed by atoms with Gasteiger partial charge in [-0.15, -0.1) is 0 Å². The van der Waals surface area contributed by atoms with Crippen LogP contribution in [-0.4, -0.2) is 54.0 Å². The van der Waals surface area contributed by atoms with E-state index in [0.717, 1.165) is 0 Å². The van der Waals surface area contributed by atoms with Gasteiger partial charge < -0.3 is 28.8 Å². The monoisotopic (exact) mass is 260 g/mol. The van der Waals surface area contributed by atoms with E-state index >= 15 is 0 Å². The van der Waals surface area contributed by atoms with Crippen LogP contribution in [0.4, 0.5) is 0 Å². The van der Waals surface area contributed by atoms with Crippen molar-refractivity contribution in [3.63, 3.8) is 0 Å². The predicted molar refractivity (Wildman–Crippen MR) is 59.6 cm³/mol. The summed E-state index contributed by atoms with van der Waals surface area (Å²) in [5, 5.41) is 9.61. The SMILES string of the molecule is CC1(C)OC[C@H]2O[C@@]3(CO)OC(C)(C)O[C@H]3[C@H]2O1. The molecule has 0 radical (unpaired) electrons. The second-order valence-electron chi connectivity index (χ2n) is 5.96. The molecule has 3 rings (SSSR count). The molecule has 3 fully saturated rings. The van der Waals surface area contributed by atoms with Crippen LogP contribution in [0, 0.1) is 0 Å². The van der Waals surface area contributed by atoms with Crippen LogP contribution in [0.1, 0.15) is 27.7 Å². The summed E-state index contributed by atoms with van der Waals surface area (Å²) in [6, 6.07) is 0. The lowest BCUT2D eigenvalue weighted by atomic mass is 10.0. The van der Waals surface area contributed by atoms with Gasteiger partial charge in [-0.25, -0.2) is 0 Å². The van der Waals surface area contributed by atoms with Gasteiger partial charge >= 0.3 is 0 Å². The third kappa shape index (κ3) is 1.79. The number of aliphatic hydroxyl groups excluding tert-OH is 1. The van der Waals surface area contributed by atoms with E-state index in [9.17, 15) is 5.11 Å². The number of rotatable bonds is 1. The molecule has 0 aromatic heterocycles. The van der Waals surface area contributed by atoms with Crippen molar-refractivity contribution in [2.45, 2.75) is 63.4 Å². The van der Waals surface area contributed by atoms with Gasteiger partial charge in [0.25, 0.3) is 0 Å². The summed E-state index contributed by atoms with van der Waals surface area (Å²) in [6.07, 6.45) is -1.00. The molecule has 3 aliphatic heterocycles. The zero-order valence-corrected chi connectivity index (χ0v) is 11.1. The number of ether oxygens (including phenoxy) is 5. The molecule has 1 N–H and O–H groups in total. The maximum atomic E-state index is 9.61. The van der Waals surface area contributed by atoms with Crippen LogP contribution in [0.3, 0.4) is 0 Å². The molecule has 4 atom stereocenters. The lowest BCUT2D eigenvalue weighted by Crippen LogP contribution is -2.51. The minimum absolute atomic E-state index is 0.266. The van der Waals surface area contributed by atoms with E-state index in [-0.39, 0.29) is 18.8 Å². The van der Waals surface area contributed by atoms with Crippen LogP contribution >= 0.6 is 0 Å². The molecule has 0 aromatic carbocycles. The normalized spacial score (nSPS) is 48.8. The molecule has 0 saturated carbocycles. The van der Waals surface area contributed by atoms with E-state index in [1.54, 1.807) is 13.8 Å². The topological polar surface area (TPSA) is 66.4 Å². The average molecular weight is 260 g/mol. The minimum Gasteiger partial charge on any atom is -0.391 e. The van der Waals surface area contributed by atoms with Crippen molar-refractivity contribution in [2.24, 2.45) is 0 Å². The quantitative estimate of drug-likeness (QED) is 0.735.